The van der Waals surface area contributed by atoms with Crippen LogP contribution in [0.2, 0.25) is 10.0 Å². The van der Waals surface area contributed by atoms with Gasteiger partial charge in [-0.15, -0.1) is 0 Å². The Kier molecular flexibility index (Phi) is 4.20. The maximum Gasteiger partial charge on any atom is 0.255 e. The van der Waals surface area contributed by atoms with Gasteiger partial charge >= 0.3 is 0 Å². The number of rotatable bonds is 3. The maximum absolute atomic E-state index is 12.4. The minimum Gasteiger partial charge on any atom is -0.399 e. The van der Waals surface area contributed by atoms with Crippen molar-refractivity contribution in [3.63, 3.8) is 0 Å². The second-order valence-corrected chi connectivity index (χ2v) is 5.27. The van der Waals surface area contributed by atoms with Gasteiger partial charge in [0.2, 0.25) is 0 Å². The second kappa shape index (κ2) is 5.73. The molecular weight excluding hydrogens is 299 g/mol. The highest BCUT2D eigenvalue weighted by Gasteiger charge is 2.19. The largest absolute Gasteiger partial charge is 0.399 e. The quantitative estimate of drug-likeness (QED) is 0.886. The van der Waals surface area contributed by atoms with Gasteiger partial charge in [0.25, 0.3) is 5.91 Å². The van der Waals surface area contributed by atoms with Crippen LogP contribution in [0.3, 0.4) is 0 Å². The number of amides is 1. The number of carbonyl (C=O) groups is 1. The highest BCUT2D eigenvalue weighted by molar-refractivity contribution is 6.44. The van der Waals surface area contributed by atoms with E-state index in [1.165, 1.54) is 17.0 Å². The normalized spacial score (nSPS) is 10.6. The van der Waals surface area contributed by atoms with Crippen molar-refractivity contribution >= 4 is 34.8 Å². The van der Waals surface area contributed by atoms with E-state index in [9.17, 15) is 4.79 Å². The second-order valence-electron chi connectivity index (χ2n) is 4.48. The number of imidazole rings is 1. The Balaban J connectivity index is 2.25. The first kappa shape index (κ1) is 14.7. The van der Waals surface area contributed by atoms with Gasteiger partial charge in [0.05, 0.1) is 22.2 Å². The van der Waals surface area contributed by atoms with Crippen molar-refractivity contribution in [3.8, 4) is 0 Å². The van der Waals surface area contributed by atoms with E-state index in [1.54, 1.807) is 13.2 Å². The van der Waals surface area contributed by atoms with Crippen LogP contribution in [0, 0.1) is 0 Å². The van der Waals surface area contributed by atoms with Crippen LogP contribution in [-0.4, -0.2) is 27.4 Å². The average molecular weight is 313 g/mol. The van der Waals surface area contributed by atoms with Crippen LogP contribution in [0.15, 0.2) is 24.5 Å². The smallest absolute Gasteiger partial charge is 0.255 e. The number of anilines is 1. The Morgan fingerprint density at radius 3 is 2.75 bits per heavy atom. The van der Waals surface area contributed by atoms with Gasteiger partial charge in [-0.3, -0.25) is 4.79 Å². The summed E-state index contributed by atoms with van der Waals surface area (Å²) in [6.45, 7) is 0.366. The molecule has 0 radical (unpaired) electrons. The molecule has 20 heavy (non-hydrogen) atoms. The Labute approximate surface area is 126 Å². The molecule has 0 unspecified atom stereocenters. The molecule has 1 amide bonds. The molecule has 1 aromatic heterocycles. The minimum absolute atomic E-state index is 0.206. The summed E-state index contributed by atoms with van der Waals surface area (Å²) < 4.78 is 1.84. The molecule has 1 heterocycles. The molecule has 0 aliphatic heterocycles. The van der Waals surface area contributed by atoms with E-state index < -0.39 is 0 Å². The van der Waals surface area contributed by atoms with Gasteiger partial charge in [-0.1, -0.05) is 23.2 Å². The van der Waals surface area contributed by atoms with Crippen molar-refractivity contribution in [2.45, 2.75) is 6.54 Å². The number of nitrogens with zero attached hydrogens (tertiary/aromatic N) is 3. The van der Waals surface area contributed by atoms with Gasteiger partial charge in [-0.2, -0.15) is 0 Å². The number of halogens is 2. The van der Waals surface area contributed by atoms with Crippen LogP contribution in [0.1, 0.15) is 16.2 Å². The summed E-state index contributed by atoms with van der Waals surface area (Å²) in [6, 6.07) is 3.03. The Bertz CT molecular complexity index is 654. The third-order valence-corrected chi connectivity index (χ3v) is 3.73. The fourth-order valence-electron chi connectivity index (χ4n) is 1.80. The molecule has 0 aliphatic carbocycles. The zero-order chi connectivity index (χ0) is 14.9. The van der Waals surface area contributed by atoms with Crippen LogP contribution < -0.4 is 5.73 Å². The summed E-state index contributed by atoms with van der Waals surface area (Å²) in [6.07, 6.45) is 3.50. The molecule has 106 valence electrons. The number of aromatic nitrogens is 2. The van der Waals surface area contributed by atoms with E-state index in [2.05, 4.69) is 4.98 Å². The van der Waals surface area contributed by atoms with E-state index in [0.717, 1.165) is 5.82 Å². The van der Waals surface area contributed by atoms with E-state index in [-0.39, 0.29) is 21.5 Å². The molecule has 0 atom stereocenters. The number of aryl methyl sites for hydroxylation is 1. The topological polar surface area (TPSA) is 64.2 Å². The summed E-state index contributed by atoms with van der Waals surface area (Å²) in [5.41, 5.74) is 6.38. The van der Waals surface area contributed by atoms with Crippen molar-refractivity contribution < 1.29 is 4.79 Å². The number of carbonyl (C=O) groups excluding carboxylic acids is 1. The zero-order valence-electron chi connectivity index (χ0n) is 11.1. The predicted octanol–water partition coefficient (Wildman–Crippen LogP) is 2.58. The fraction of sp³-hybridized carbons (Fsp3) is 0.231. The Hall–Kier alpha value is -1.72. The molecule has 5 nitrogen and oxygen atoms in total. The standard InChI is InChI=1S/C13H14Cl2N4O/c1-18-4-3-17-11(18)7-19(2)13(20)9-5-8(16)6-10(14)12(9)15/h3-6H,7,16H2,1-2H3. The fourth-order valence-corrected chi connectivity index (χ4v) is 2.22. The van der Waals surface area contributed by atoms with Crippen LogP contribution in [0.4, 0.5) is 5.69 Å². The number of benzene rings is 1. The van der Waals surface area contributed by atoms with Crippen LogP contribution in [0.25, 0.3) is 0 Å². The monoisotopic (exact) mass is 312 g/mol. The lowest BCUT2D eigenvalue weighted by Crippen LogP contribution is -2.27. The van der Waals surface area contributed by atoms with Gasteiger partial charge in [-0.05, 0) is 12.1 Å². The van der Waals surface area contributed by atoms with Crippen molar-refractivity contribution in [2.24, 2.45) is 7.05 Å². The average Bonchev–Trinajstić information content (AvgIpc) is 2.78. The summed E-state index contributed by atoms with van der Waals surface area (Å²) in [4.78, 5) is 18.1. The van der Waals surface area contributed by atoms with Gasteiger partial charge in [0.15, 0.2) is 0 Å². The molecule has 0 saturated heterocycles. The van der Waals surface area contributed by atoms with Crippen molar-refractivity contribution in [1.82, 2.24) is 14.5 Å². The first-order valence-corrected chi connectivity index (χ1v) is 6.62. The molecule has 7 heteroatoms. The van der Waals surface area contributed by atoms with E-state index in [1.807, 2.05) is 17.8 Å². The van der Waals surface area contributed by atoms with E-state index in [0.29, 0.717) is 12.2 Å². The molecular formula is C13H14Cl2N4O. The lowest BCUT2D eigenvalue weighted by Gasteiger charge is -2.18. The number of hydrogen-bond donors (Lipinski definition) is 1. The maximum atomic E-state index is 12.4. The summed E-state index contributed by atoms with van der Waals surface area (Å²) in [5, 5.41) is 0.470. The molecule has 2 N–H and O–H groups in total. The van der Waals surface area contributed by atoms with Crippen LogP contribution in [-0.2, 0) is 13.6 Å². The third kappa shape index (κ3) is 2.89. The SMILES string of the molecule is CN(Cc1nccn1C)C(=O)c1cc(N)cc(Cl)c1Cl. The molecule has 0 spiro atoms. The van der Waals surface area contributed by atoms with E-state index >= 15 is 0 Å². The Morgan fingerprint density at radius 1 is 1.45 bits per heavy atom. The van der Waals surface area contributed by atoms with Gasteiger partial charge in [0.1, 0.15) is 5.82 Å². The molecule has 0 fully saturated rings. The summed E-state index contributed by atoms with van der Waals surface area (Å²) in [5.74, 6) is 0.513. The zero-order valence-corrected chi connectivity index (χ0v) is 12.6. The Morgan fingerprint density at radius 2 is 2.15 bits per heavy atom. The van der Waals surface area contributed by atoms with Gasteiger partial charge in [0, 0.05) is 32.2 Å². The number of nitrogens with two attached hydrogens (primary N) is 1. The van der Waals surface area contributed by atoms with Crippen molar-refractivity contribution in [2.75, 3.05) is 12.8 Å². The highest BCUT2D eigenvalue weighted by atomic mass is 35.5. The summed E-state index contributed by atoms with van der Waals surface area (Å²) >= 11 is 12.0. The molecule has 2 aromatic rings. The highest BCUT2D eigenvalue weighted by Crippen LogP contribution is 2.29. The van der Waals surface area contributed by atoms with Crippen LogP contribution in [0.5, 0.6) is 0 Å². The third-order valence-electron chi connectivity index (χ3n) is 2.93. The van der Waals surface area contributed by atoms with Crippen molar-refractivity contribution in [1.29, 1.82) is 0 Å². The molecule has 0 saturated carbocycles. The molecule has 1 aromatic carbocycles. The van der Waals surface area contributed by atoms with Gasteiger partial charge < -0.3 is 15.2 Å². The van der Waals surface area contributed by atoms with Crippen molar-refractivity contribution in [3.05, 3.63) is 46.0 Å². The molecule has 0 aliphatic rings. The molecule has 2 rings (SSSR count). The molecule has 0 bridgehead atoms. The minimum atomic E-state index is -0.257. The van der Waals surface area contributed by atoms with Gasteiger partial charge in [-0.25, -0.2) is 4.98 Å². The number of nitrogen functional groups attached to an aromatic ring is 1. The lowest BCUT2D eigenvalue weighted by molar-refractivity contribution is 0.0781. The van der Waals surface area contributed by atoms with E-state index in [4.69, 9.17) is 28.9 Å². The first-order valence-electron chi connectivity index (χ1n) is 5.86. The number of hydrogen-bond acceptors (Lipinski definition) is 3. The summed E-state index contributed by atoms with van der Waals surface area (Å²) in [7, 11) is 3.54. The lowest BCUT2D eigenvalue weighted by atomic mass is 10.1. The predicted molar refractivity (Wildman–Crippen MR) is 79.9 cm³/mol. The first-order chi connectivity index (χ1) is 9.40. The van der Waals surface area contributed by atoms with Crippen LogP contribution >= 0.6 is 23.2 Å².